The molecule has 2 heterocycles. The van der Waals surface area contributed by atoms with Crippen LogP contribution in [0, 0.1) is 22.0 Å². The molecule has 1 aromatic carbocycles. The van der Waals surface area contributed by atoms with Crippen LogP contribution >= 0.6 is 0 Å². The molecule has 1 aliphatic carbocycles. The van der Waals surface area contributed by atoms with E-state index in [1.54, 1.807) is 0 Å². The Morgan fingerprint density at radius 1 is 1.21 bits per heavy atom. The number of benzene rings is 1. The van der Waals surface area contributed by atoms with Crippen LogP contribution in [0.4, 0.5) is 5.69 Å². The summed E-state index contributed by atoms with van der Waals surface area (Å²) in [5.74, 6) is -1.97. The van der Waals surface area contributed by atoms with Gasteiger partial charge in [0.05, 0.1) is 23.4 Å². The number of allylic oxidation sites excluding steroid dienone is 2. The van der Waals surface area contributed by atoms with Gasteiger partial charge in [0.2, 0.25) is 11.8 Å². The number of non-ortho nitro benzene ring substituents is 1. The zero-order valence-electron chi connectivity index (χ0n) is 15.4. The molecule has 0 saturated carbocycles. The summed E-state index contributed by atoms with van der Waals surface area (Å²) >= 11 is 0. The van der Waals surface area contributed by atoms with Crippen LogP contribution in [0.1, 0.15) is 24.0 Å². The molecule has 0 aromatic heterocycles. The van der Waals surface area contributed by atoms with Crippen LogP contribution in [-0.2, 0) is 37.1 Å². The van der Waals surface area contributed by atoms with E-state index in [0.717, 1.165) is 4.90 Å². The van der Waals surface area contributed by atoms with E-state index in [1.165, 1.54) is 12.1 Å². The Labute approximate surface area is 165 Å². The van der Waals surface area contributed by atoms with E-state index < -0.39 is 29.3 Å². The number of nitro groups is 1. The number of amides is 2. The molecular formula is C19H18N2O8. The number of rotatable bonds is 5. The van der Waals surface area contributed by atoms with E-state index in [-0.39, 0.29) is 37.5 Å². The molecule has 1 saturated heterocycles. The summed E-state index contributed by atoms with van der Waals surface area (Å²) in [7, 11) is 0. The molecule has 2 aliphatic heterocycles. The molecule has 29 heavy (non-hydrogen) atoms. The van der Waals surface area contributed by atoms with E-state index in [9.17, 15) is 24.5 Å². The third kappa shape index (κ3) is 3.58. The third-order valence-corrected chi connectivity index (χ3v) is 5.26. The third-order valence-electron chi connectivity index (χ3n) is 5.26. The lowest BCUT2D eigenvalue weighted by atomic mass is 9.85. The molecule has 0 spiro atoms. The fourth-order valence-corrected chi connectivity index (χ4v) is 3.85. The van der Waals surface area contributed by atoms with Crippen molar-refractivity contribution in [2.45, 2.75) is 26.1 Å². The van der Waals surface area contributed by atoms with E-state index in [0.29, 0.717) is 29.7 Å². The summed E-state index contributed by atoms with van der Waals surface area (Å²) in [5, 5.41) is 11.1. The Hall–Kier alpha value is -3.27. The van der Waals surface area contributed by atoms with Crippen LogP contribution in [0.25, 0.3) is 0 Å². The maximum Gasteiger partial charge on any atom is 0.326 e. The number of fused-ring (bicyclic) bond motifs is 2. The van der Waals surface area contributed by atoms with Crippen molar-refractivity contribution in [1.82, 2.24) is 4.90 Å². The summed E-state index contributed by atoms with van der Waals surface area (Å²) in [5.41, 5.74) is 0.631. The lowest BCUT2D eigenvalue weighted by Crippen LogP contribution is -2.36. The number of imide groups is 1. The number of ether oxygens (including phenoxy) is 3. The zero-order valence-corrected chi connectivity index (χ0v) is 15.4. The number of nitrogens with zero attached hydrogens (tertiary/aromatic N) is 2. The second kappa shape index (κ2) is 7.63. The van der Waals surface area contributed by atoms with Crippen molar-refractivity contribution in [2.75, 3.05) is 13.3 Å². The van der Waals surface area contributed by atoms with E-state index in [1.807, 2.05) is 12.2 Å². The molecule has 10 nitrogen and oxygen atoms in total. The van der Waals surface area contributed by atoms with Gasteiger partial charge in [0.1, 0.15) is 18.9 Å². The van der Waals surface area contributed by atoms with Gasteiger partial charge < -0.3 is 14.2 Å². The molecule has 2 amide bonds. The van der Waals surface area contributed by atoms with Gasteiger partial charge in [-0.2, -0.15) is 0 Å². The first kappa shape index (κ1) is 19.1. The zero-order chi connectivity index (χ0) is 20.5. The second-order valence-electron chi connectivity index (χ2n) is 7.04. The van der Waals surface area contributed by atoms with Crippen LogP contribution in [0.2, 0.25) is 0 Å². The molecule has 3 aliphatic rings. The number of carbonyl (C=O) groups excluding carboxylic acids is 3. The predicted molar refractivity (Wildman–Crippen MR) is 95.3 cm³/mol. The summed E-state index contributed by atoms with van der Waals surface area (Å²) in [6.45, 7) is -0.635. The first-order chi connectivity index (χ1) is 14.0. The quantitative estimate of drug-likeness (QED) is 0.238. The lowest BCUT2D eigenvalue weighted by Gasteiger charge is -2.20. The van der Waals surface area contributed by atoms with Crippen LogP contribution < -0.4 is 4.74 Å². The smallest absolute Gasteiger partial charge is 0.326 e. The molecule has 0 bridgehead atoms. The summed E-state index contributed by atoms with van der Waals surface area (Å²) in [4.78, 5) is 48.6. The number of nitro benzene ring substituents is 1. The molecule has 0 N–H and O–H groups in total. The highest BCUT2D eigenvalue weighted by Gasteiger charge is 2.47. The number of carbonyl (C=O) groups is 3. The normalized spacial score (nSPS) is 22.7. The summed E-state index contributed by atoms with van der Waals surface area (Å²) in [6.07, 6.45) is 4.70. The van der Waals surface area contributed by atoms with Gasteiger partial charge in [-0.25, -0.2) is 0 Å². The van der Waals surface area contributed by atoms with Gasteiger partial charge in [-0.05, 0) is 12.8 Å². The van der Waals surface area contributed by atoms with Gasteiger partial charge in [-0.15, -0.1) is 0 Å². The number of hydrogen-bond acceptors (Lipinski definition) is 8. The molecule has 10 heteroatoms. The highest BCUT2D eigenvalue weighted by atomic mass is 16.7. The molecule has 4 rings (SSSR count). The number of hydrogen-bond donors (Lipinski definition) is 0. The van der Waals surface area contributed by atoms with Crippen molar-refractivity contribution >= 4 is 23.5 Å². The summed E-state index contributed by atoms with van der Waals surface area (Å²) in [6, 6.07) is 2.61. The van der Waals surface area contributed by atoms with Gasteiger partial charge >= 0.3 is 5.97 Å². The van der Waals surface area contributed by atoms with Gasteiger partial charge in [0.25, 0.3) is 5.69 Å². The average molecular weight is 402 g/mol. The van der Waals surface area contributed by atoms with Crippen molar-refractivity contribution in [1.29, 1.82) is 0 Å². The standard InChI is InChI=1S/C19H18N2O8/c22-16(7-20-18(23)14-3-1-2-4-15(14)19(20)24)28-9-12-6-13(21(25)26)5-11-8-27-10-29-17(11)12/h1-2,5-6,14-15H,3-4,7-10H2. The second-order valence-corrected chi connectivity index (χ2v) is 7.04. The van der Waals surface area contributed by atoms with Crippen LogP contribution in [-0.4, -0.2) is 40.9 Å². The molecule has 152 valence electrons. The molecule has 0 radical (unpaired) electrons. The Morgan fingerprint density at radius 2 is 1.90 bits per heavy atom. The lowest BCUT2D eigenvalue weighted by molar-refractivity contribution is -0.385. The Morgan fingerprint density at radius 3 is 2.55 bits per heavy atom. The highest BCUT2D eigenvalue weighted by Crippen LogP contribution is 2.35. The van der Waals surface area contributed by atoms with Crippen molar-refractivity contribution in [3.63, 3.8) is 0 Å². The molecule has 1 fully saturated rings. The molecule has 1 aromatic rings. The van der Waals surface area contributed by atoms with Gasteiger partial charge in [0, 0.05) is 23.3 Å². The number of esters is 1. The summed E-state index contributed by atoms with van der Waals surface area (Å²) < 4.78 is 15.7. The SMILES string of the molecule is O=C(CN1C(=O)C2CC=CCC2C1=O)OCc1cc([N+](=O)[O-])cc2c1OCOC2. The van der Waals surface area contributed by atoms with Crippen molar-refractivity contribution < 1.29 is 33.5 Å². The first-order valence-corrected chi connectivity index (χ1v) is 9.12. The minimum absolute atomic E-state index is 0.0145. The fourth-order valence-electron chi connectivity index (χ4n) is 3.85. The topological polar surface area (TPSA) is 125 Å². The largest absolute Gasteiger partial charge is 0.467 e. The first-order valence-electron chi connectivity index (χ1n) is 9.12. The van der Waals surface area contributed by atoms with Gasteiger partial charge in [-0.1, -0.05) is 12.2 Å². The predicted octanol–water partition coefficient (Wildman–Crippen LogP) is 1.46. The van der Waals surface area contributed by atoms with Crippen molar-refractivity contribution in [3.05, 3.63) is 45.5 Å². The van der Waals surface area contributed by atoms with Gasteiger partial charge in [0.15, 0.2) is 6.79 Å². The van der Waals surface area contributed by atoms with Crippen LogP contribution in [0.5, 0.6) is 5.75 Å². The minimum atomic E-state index is -0.773. The van der Waals surface area contributed by atoms with E-state index in [2.05, 4.69) is 0 Å². The van der Waals surface area contributed by atoms with Crippen molar-refractivity contribution in [2.24, 2.45) is 11.8 Å². The minimum Gasteiger partial charge on any atom is -0.467 e. The monoisotopic (exact) mass is 402 g/mol. The Balaban J connectivity index is 1.44. The molecular weight excluding hydrogens is 384 g/mol. The molecule has 2 unspecified atom stereocenters. The number of likely N-dealkylation sites (tertiary alicyclic amines) is 1. The highest BCUT2D eigenvalue weighted by molar-refractivity contribution is 6.07. The maximum absolute atomic E-state index is 12.4. The average Bonchev–Trinajstić information content (AvgIpc) is 2.97. The van der Waals surface area contributed by atoms with Crippen LogP contribution in [0.15, 0.2) is 24.3 Å². The maximum atomic E-state index is 12.4. The molecule has 2 atom stereocenters. The van der Waals surface area contributed by atoms with E-state index in [4.69, 9.17) is 14.2 Å². The fraction of sp³-hybridized carbons (Fsp3) is 0.421. The van der Waals surface area contributed by atoms with Crippen LogP contribution in [0.3, 0.4) is 0 Å². The van der Waals surface area contributed by atoms with Gasteiger partial charge in [-0.3, -0.25) is 29.4 Å². The Kier molecular flexibility index (Phi) is 5.01. The van der Waals surface area contributed by atoms with E-state index >= 15 is 0 Å². The van der Waals surface area contributed by atoms with Crippen molar-refractivity contribution in [3.8, 4) is 5.75 Å². The Bertz CT molecular complexity index is 899.